The summed E-state index contributed by atoms with van der Waals surface area (Å²) in [4.78, 5) is 4.11. The molecule has 3 N–H and O–H groups in total. The third kappa shape index (κ3) is 4.36. The van der Waals surface area contributed by atoms with Crippen LogP contribution in [-0.2, 0) is 0 Å². The Bertz CT molecular complexity index is 473. The Labute approximate surface area is 117 Å². The smallest absolute Gasteiger partial charge is 0.188 e. The van der Waals surface area contributed by atoms with E-state index in [1.807, 2.05) is 0 Å². The molecule has 1 saturated carbocycles. The van der Waals surface area contributed by atoms with E-state index in [1.165, 1.54) is 18.9 Å². The number of aliphatic imine (C=N–C) groups is 1. The standard InChI is InChI=1S/C14H19F2N3O/c15-10-5-6-13(12(16)9-10)20-8-7-18-14(17)19-11-3-1-2-4-11/h5-6,9,11H,1-4,7-8H2,(H3,17,18,19). The summed E-state index contributed by atoms with van der Waals surface area (Å²) < 4.78 is 31.1. The van der Waals surface area contributed by atoms with Gasteiger partial charge >= 0.3 is 0 Å². The molecule has 4 nitrogen and oxygen atoms in total. The second kappa shape index (κ2) is 7.07. The van der Waals surface area contributed by atoms with Crippen LogP contribution in [0.25, 0.3) is 0 Å². The van der Waals surface area contributed by atoms with E-state index in [-0.39, 0.29) is 12.4 Å². The van der Waals surface area contributed by atoms with Gasteiger partial charge in [0.15, 0.2) is 17.5 Å². The third-order valence-corrected chi connectivity index (χ3v) is 3.23. The van der Waals surface area contributed by atoms with Crippen LogP contribution in [0.1, 0.15) is 25.7 Å². The molecule has 1 aliphatic rings. The monoisotopic (exact) mass is 283 g/mol. The van der Waals surface area contributed by atoms with Crippen LogP contribution >= 0.6 is 0 Å². The Balaban J connectivity index is 1.72. The number of rotatable bonds is 5. The molecule has 0 amide bonds. The number of nitrogens with zero attached hydrogens (tertiary/aromatic N) is 1. The van der Waals surface area contributed by atoms with Crippen molar-refractivity contribution in [3.63, 3.8) is 0 Å². The first-order chi connectivity index (χ1) is 9.65. The predicted octanol–water partition coefficient (Wildman–Crippen LogP) is 2.19. The molecule has 1 fully saturated rings. The fourth-order valence-corrected chi connectivity index (χ4v) is 2.24. The Morgan fingerprint density at radius 2 is 2.10 bits per heavy atom. The predicted molar refractivity (Wildman–Crippen MR) is 73.7 cm³/mol. The molecule has 0 aliphatic heterocycles. The molecular weight excluding hydrogens is 264 g/mol. The second-order valence-electron chi connectivity index (χ2n) is 4.82. The molecule has 0 saturated heterocycles. The summed E-state index contributed by atoms with van der Waals surface area (Å²) in [5, 5.41) is 3.14. The van der Waals surface area contributed by atoms with Gasteiger partial charge in [0.1, 0.15) is 12.4 Å². The summed E-state index contributed by atoms with van der Waals surface area (Å²) in [5.74, 6) is -0.937. The minimum atomic E-state index is -0.717. The van der Waals surface area contributed by atoms with Gasteiger partial charge in [0.2, 0.25) is 0 Å². The van der Waals surface area contributed by atoms with Crippen LogP contribution in [0, 0.1) is 11.6 Å². The SMILES string of the molecule is NC(=NCCOc1ccc(F)cc1F)NC1CCCC1. The minimum absolute atomic E-state index is 0.0175. The Morgan fingerprint density at radius 3 is 2.80 bits per heavy atom. The number of hydrogen-bond acceptors (Lipinski definition) is 2. The zero-order chi connectivity index (χ0) is 14.4. The number of benzene rings is 1. The Hall–Kier alpha value is -1.85. The number of nitrogens with one attached hydrogen (secondary N) is 1. The maximum Gasteiger partial charge on any atom is 0.188 e. The van der Waals surface area contributed by atoms with Crippen LogP contribution in [0.3, 0.4) is 0 Å². The Kier molecular flexibility index (Phi) is 5.15. The highest BCUT2D eigenvalue weighted by atomic mass is 19.1. The Morgan fingerprint density at radius 1 is 1.35 bits per heavy atom. The summed E-state index contributed by atoms with van der Waals surface area (Å²) in [7, 11) is 0. The first kappa shape index (κ1) is 14.6. The summed E-state index contributed by atoms with van der Waals surface area (Å²) >= 11 is 0. The first-order valence-corrected chi connectivity index (χ1v) is 6.79. The average Bonchev–Trinajstić information content (AvgIpc) is 2.89. The van der Waals surface area contributed by atoms with E-state index < -0.39 is 11.6 Å². The molecule has 1 aliphatic carbocycles. The number of nitrogens with two attached hydrogens (primary N) is 1. The van der Waals surface area contributed by atoms with Crippen LogP contribution < -0.4 is 15.8 Å². The van der Waals surface area contributed by atoms with Gasteiger partial charge in [-0.05, 0) is 25.0 Å². The molecule has 0 heterocycles. The van der Waals surface area contributed by atoms with Crippen molar-refractivity contribution in [3.05, 3.63) is 29.8 Å². The van der Waals surface area contributed by atoms with Gasteiger partial charge in [0, 0.05) is 12.1 Å². The van der Waals surface area contributed by atoms with Gasteiger partial charge in [-0.3, -0.25) is 0 Å². The van der Waals surface area contributed by atoms with Crippen LogP contribution in [0.4, 0.5) is 8.78 Å². The summed E-state index contributed by atoms with van der Waals surface area (Å²) in [6.07, 6.45) is 4.68. The number of hydrogen-bond donors (Lipinski definition) is 2. The summed E-state index contributed by atoms with van der Waals surface area (Å²) in [6, 6.07) is 3.61. The fourth-order valence-electron chi connectivity index (χ4n) is 2.24. The van der Waals surface area contributed by atoms with E-state index in [4.69, 9.17) is 10.5 Å². The van der Waals surface area contributed by atoms with Gasteiger partial charge in [-0.15, -0.1) is 0 Å². The molecular formula is C14H19F2N3O. The van der Waals surface area contributed by atoms with E-state index in [0.29, 0.717) is 18.5 Å². The van der Waals surface area contributed by atoms with Gasteiger partial charge in [-0.2, -0.15) is 0 Å². The lowest BCUT2D eigenvalue weighted by Gasteiger charge is -2.12. The molecule has 110 valence electrons. The molecule has 6 heteroatoms. The lowest BCUT2D eigenvalue weighted by Crippen LogP contribution is -2.38. The highest BCUT2D eigenvalue weighted by molar-refractivity contribution is 5.78. The highest BCUT2D eigenvalue weighted by Crippen LogP contribution is 2.18. The van der Waals surface area contributed by atoms with E-state index in [9.17, 15) is 8.78 Å². The zero-order valence-corrected chi connectivity index (χ0v) is 11.2. The van der Waals surface area contributed by atoms with Crippen molar-refractivity contribution in [1.29, 1.82) is 0 Å². The molecule has 0 bridgehead atoms. The van der Waals surface area contributed by atoms with Crippen molar-refractivity contribution in [2.75, 3.05) is 13.2 Å². The van der Waals surface area contributed by atoms with Crippen molar-refractivity contribution < 1.29 is 13.5 Å². The fraction of sp³-hybridized carbons (Fsp3) is 0.500. The molecule has 0 unspecified atom stereocenters. The van der Waals surface area contributed by atoms with Crippen molar-refractivity contribution in [3.8, 4) is 5.75 Å². The van der Waals surface area contributed by atoms with E-state index >= 15 is 0 Å². The van der Waals surface area contributed by atoms with Crippen molar-refractivity contribution in [2.45, 2.75) is 31.7 Å². The molecule has 20 heavy (non-hydrogen) atoms. The molecule has 1 aromatic rings. The highest BCUT2D eigenvalue weighted by Gasteiger charge is 2.14. The lowest BCUT2D eigenvalue weighted by atomic mass is 10.2. The van der Waals surface area contributed by atoms with Gasteiger partial charge in [0.05, 0.1) is 6.54 Å². The molecule has 2 rings (SSSR count). The maximum absolute atomic E-state index is 13.3. The van der Waals surface area contributed by atoms with E-state index in [0.717, 1.165) is 25.0 Å². The summed E-state index contributed by atoms with van der Waals surface area (Å²) in [6.45, 7) is 0.512. The molecule has 0 aromatic heterocycles. The van der Waals surface area contributed by atoms with Gasteiger partial charge in [-0.25, -0.2) is 13.8 Å². The lowest BCUT2D eigenvalue weighted by molar-refractivity contribution is 0.310. The normalized spacial score (nSPS) is 16.4. The number of halogens is 2. The average molecular weight is 283 g/mol. The maximum atomic E-state index is 13.3. The van der Waals surface area contributed by atoms with Gasteiger partial charge in [0.25, 0.3) is 0 Å². The summed E-state index contributed by atoms with van der Waals surface area (Å²) in [5.41, 5.74) is 5.74. The topological polar surface area (TPSA) is 59.6 Å². The van der Waals surface area contributed by atoms with Gasteiger partial charge in [-0.1, -0.05) is 12.8 Å². The van der Waals surface area contributed by atoms with Crippen LogP contribution in [-0.4, -0.2) is 25.2 Å². The van der Waals surface area contributed by atoms with Crippen LogP contribution in [0.2, 0.25) is 0 Å². The molecule has 1 aromatic carbocycles. The van der Waals surface area contributed by atoms with Crippen molar-refractivity contribution >= 4 is 5.96 Å². The molecule has 0 spiro atoms. The van der Waals surface area contributed by atoms with Crippen molar-refractivity contribution in [2.24, 2.45) is 10.7 Å². The minimum Gasteiger partial charge on any atom is -0.489 e. The second-order valence-corrected chi connectivity index (χ2v) is 4.82. The number of ether oxygens (including phenoxy) is 1. The van der Waals surface area contributed by atoms with E-state index in [2.05, 4.69) is 10.3 Å². The van der Waals surface area contributed by atoms with Crippen LogP contribution in [0.15, 0.2) is 23.2 Å². The zero-order valence-electron chi connectivity index (χ0n) is 11.2. The van der Waals surface area contributed by atoms with Crippen LogP contribution in [0.5, 0.6) is 5.75 Å². The molecule has 0 radical (unpaired) electrons. The number of guanidine groups is 1. The van der Waals surface area contributed by atoms with Crippen molar-refractivity contribution in [1.82, 2.24) is 5.32 Å². The third-order valence-electron chi connectivity index (χ3n) is 3.23. The largest absolute Gasteiger partial charge is 0.489 e. The first-order valence-electron chi connectivity index (χ1n) is 6.79. The molecule has 0 atom stereocenters. The quantitative estimate of drug-likeness (QED) is 0.495. The van der Waals surface area contributed by atoms with Gasteiger partial charge < -0.3 is 15.8 Å². The van der Waals surface area contributed by atoms with E-state index in [1.54, 1.807) is 0 Å².